The molecule has 30 heavy (non-hydrogen) atoms. The molecule has 1 aromatic carbocycles. The van der Waals surface area contributed by atoms with Crippen LogP contribution in [0.2, 0.25) is 0 Å². The van der Waals surface area contributed by atoms with E-state index in [2.05, 4.69) is 20.6 Å². The molecule has 0 unspecified atom stereocenters. The molecule has 1 aliphatic heterocycles. The number of hydrogen-bond acceptors (Lipinski definition) is 4. The lowest BCUT2D eigenvalue weighted by atomic mass is 10.2. The van der Waals surface area contributed by atoms with E-state index in [1.54, 1.807) is 6.20 Å². The third-order valence-electron chi connectivity index (χ3n) is 4.84. The van der Waals surface area contributed by atoms with Crippen molar-refractivity contribution >= 4 is 11.9 Å². The maximum Gasteiger partial charge on any atom is 0.222 e. The van der Waals surface area contributed by atoms with Gasteiger partial charge in [-0.1, -0.05) is 18.2 Å². The van der Waals surface area contributed by atoms with Crippen LogP contribution in [0.4, 0.5) is 0 Å². The number of carbonyl (C=O) groups excluding carboxylic acids is 1. The van der Waals surface area contributed by atoms with Crippen molar-refractivity contribution in [2.24, 2.45) is 4.99 Å². The second-order valence-corrected chi connectivity index (χ2v) is 7.22. The minimum Gasteiger partial charge on any atom is -0.487 e. The molecule has 3 rings (SSSR count). The molecule has 1 amide bonds. The molecule has 2 N–H and O–H groups in total. The number of likely N-dealkylation sites (tertiary alicyclic amines) is 1. The third kappa shape index (κ3) is 7.06. The first-order chi connectivity index (χ1) is 14.7. The number of amides is 1. The first kappa shape index (κ1) is 21.6. The molecular weight excluding hydrogens is 378 g/mol. The number of aliphatic imine (C=N–C) groups is 1. The molecule has 1 aliphatic rings. The molecule has 1 aromatic heterocycles. The maximum atomic E-state index is 11.7. The Labute approximate surface area is 178 Å². The number of carbonyl (C=O) groups is 1. The number of ether oxygens (including phenoxy) is 1. The van der Waals surface area contributed by atoms with Gasteiger partial charge in [0.05, 0.1) is 12.2 Å². The second-order valence-electron chi connectivity index (χ2n) is 7.22. The zero-order valence-corrected chi connectivity index (χ0v) is 17.6. The van der Waals surface area contributed by atoms with Gasteiger partial charge in [0.1, 0.15) is 12.4 Å². The number of hydrogen-bond donors (Lipinski definition) is 2. The van der Waals surface area contributed by atoms with Crippen LogP contribution in [0, 0.1) is 0 Å². The summed E-state index contributed by atoms with van der Waals surface area (Å²) in [5.74, 6) is 1.87. The highest BCUT2D eigenvalue weighted by molar-refractivity contribution is 5.79. The van der Waals surface area contributed by atoms with E-state index in [9.17, 15) is 4.79 Å². The summed E-state index contributed by atoms with van der Waals surface area (Å²) >= 11 is 0. The molecule has 2 heterocycles. The van der Waals surface area contributed by atoms with Gasteiger partial charge in [-0.15, -0.1) is 0 Å². The van der Waals surface area contributed by atoms with E-state index in [0.717, 1.165) is 62.0 Å². The lowest BCUT2D eigenvalue weighted by Gasteiger charge is -2.16. The van der Waals surface area contributed by atoms with Crippen molar-refractivity contribution in [3.05, 3.63) is 59.9 Å². The minimum atomic E-state index is 0.278. The Bertz CT molecular complexity index is 825. The summed E-state index contributed by atoms with van der Waals surface area (Å²) in [5, 5.41) is 6.62. The fourth-order valence-corrected chi connectivity index (χ4v) is 3.30. The number of guanidine groups is 1. The van der Waals surface area contributed by atoms with Crippen molar-refractivity contribution in [1.82, 2.24) is 20.5 Å². The molecule has 2 aromatic rings. The molecule has 0 atom stereocenters. The molecule has 0 saturated carbocycles. The first-order valence-electron chi connectivity index (χ1n) is 10.7. The van der Waals surface area contributed by atoms with Gasteiger partial charge in [-0.3, -0.25) is 9.78 Å². The van der Waals surface area contributed by atoms with E-state index in [0.29, 0.717) is 19.6 Å². The fourth-order valence-electron chi connectivity index (χ4n) is 3.30. The van der Waals surface area contributed by atoms with Gasteiger partial charge >= 0.3 is 0 Å². The molecule has 7 heteroatoms. The molecule has 0 aliphatic carbocycles. The number of rotatable bonds is 10. The molecule has 160 valence electrons. The zero-order valence-electron chi connectivity index (χ0n) is 17.6. The van der Waals surface area contributed by atoms with Gasteiger partial charge in [-0.25, -0.2) is 4.99 Å². The molecule has 0 spiro atoms. The summed E-state index contributed by atoms with van der Waals surface area (Å²) in [7, 11) is 0. The normalized spacial score (nSPS) is 14.1. The van der Waals surface area contributed by atoms with E-state index < -0.39 is 0 Å². The van der Waals surface area contributed by atoms with Gasteiger partial charge < -0.3 is 20.3 Å². The number of pyridine rings is 1. The number of nitrogens with one attached hydrogen (secondary N) is 2. The van der Waals surface area contributed by atoms with Gasteiger partial charge in [0.15, 0.2) is 5.96 Å². The van der Waals surface area contributed by atoms with Gasteiger partial charge in [0, 0.05) is 38.8 Å². The second kappa shape index (κ2) is 11.8. The Kier molecular flexibility index (Phi) is 8.50. The molecule has 0 bridgehead atoms. The number of benzene rings is 1. The molecule has 7 nitrogen and oxygen atoms in total. The van der Waals surface area contributed by atoms with Crippen LogP contribution in [-0.2, 0) is 17.9 Å². The van der Waals surface area contributed by atoms with Crippen LogP contribution < -0.4 is 15.4 Å². The fraction of sp³-hybridized carbons (Fsp3) is 0.435. The predicted molar refractivity (Wildman–Crippen MR) is 118 cm³/mol. The number of aromatic nitrogens is 1. The first-order valence-corrected chi connectivity index (χ1v) is 10.7. The van der Waals surface area contributed by atoms with Crippen molar-refractivity contribution in [2.75, 3.05) is 26.2 Å². The van der Waals surface area contributed by atoms with E-state index in [1.807, 2.05) is 54.3 Å². The van der Waals surface area contributed by atoms with Gasteiger partial charge in [0.2, 0.25) is 5.91 Å². The van der Waals surface area contributed by atoms with Gasteiger partial charge in [0.25, 0.3) is 0 Å². The Hall–Kier alpha value is -3.09. The Morgan fingerprint density at radius 1 is 1.23 bits per heavy atom. The summed E-state index contributed by atoms with van der Waals surface area (Å²) in [4.78, 5) is 22.6. The molecular formula is C23H31N5O2. The van der Waals surface area contributed by atoms with Crippen LogP contribution >= 0.6 is 0 Å². The van der Waals surface area contributed by atoms with Gasteiger partial charge in [-0.2, -0.15) is 0 Å². The lowest BCUT2D eigenvalue weighted by Crippen LogP contribution is -2.39. The third-order valence-corrected chi connectivity index (χ3v) is 4.84. The summed E-state index contributed by atoms with van der Waals surface area (Å²) in [6.07, 6.45) is 4.36. The summed E-state index contributed by atoms with van der Waals surface area (Å²) in [6.45, 7) is 6.32. The van der Waals surface area contributed by atoms with E-state index in [4.69, 9.17) is 4.74 Å². The summed E-state index contributed by atoms with van der Waals surface area (Å²) in [6, 6.07) is 13.8. The quantitative estimate of drug-likeness (QED) is 0.358. The van der Waals surface area contributed by atoms with Crippen molar-refractivity contribution in [3.8, 4) is 5.75 Å². The Balaban J connectivity index is 1.46. The average molecular weight is 410 g/mol. The highest BCUT2D eigenvalue weighted by Gasteiger charge is 2.18. The SMILES string of the molecule is CCNC(=NCc1cccc(OCc2ccccn2)c1)NCCCN1CCCC1=O. The zero-order chi connectivity index (χ0) is 21.0. The largest absolute Gasteiger partial charge is 0.487 e. The van der Waals surface area contributed by atoms with E-state index in [-0.39, 0.29) is 5.91 Å². The Morgan fingerprint density at radius 2 is 2.17 bits per heavy atom. The highest BCUT2D eigenvalue weighted by Crippen LogP contribution is 2.15. The topological polar surface area (TPSA) is 78.9 Å². The molecule has 1 saturated heterocycles. The highest BCUT2D eigenvalue weighted by atomic mass is 16.5. The standard InChI is InChI=1S/C23H31N5O2/c1-2-24-23(26-13-7-15-28-14-6-11-22(28)29)27-17-19-8-5-10-21(16-19)30-18-20-9-3-4-12-25-20/h3-5,8-10,12,16H,2,6-7,11,13-15,17-18H2,1H3,(H2,24,26,27). The van der Waals surface area contributed by atoms with E-state index in [1.165, 1.54) is 0 Å². The van der Waals surface area contributed by atoms with Crippen LogP contribution in [0.1, 0.15) is 37.4 Å². The molecule has 1 fully saturated rings. The molecule has 0 radical (unpaired) electrons. The van der Waals surface area contributed by atoms with Crippen LogP contribution in [0.25, 0.3) is 0 Å². The average Bonchev–Trinajstić information content (AvgIpc) is 3.19. The minimum absolute atomic E-state index is 0.278. The van der Waals surface area contributed by atoms with Crippen molar-refractivity contribution in [1.29, 1.82) is 0 Å². The summed E-state index contributed by atoms with van der Waals surface area (Å²) < 4.78 is 5.85. The maximum absolute atomic E-state index is 11.7. The predicted octanol–water partition coefficient (Wildman–Crippen LogP) is 2.73. The van der Waals surface area contributed by atoms with Crippen LogP contribution in [0.5, 0.6) is 5.75 Å². The number of nitrogens with zero attached hydrogens (tertiary/aromatic N) is 3. The van der Waals surface area contributed by atoms with Crippen LogP contribution in [0.15, 0.2) is 53.7 Å². The van der Waals surface area contributed by atoms with Crippen molar-refractivity contribution in [3.63, 3.8) is 0 Å². The lowest BCUT2D eigenvalue weighted by molar-refractivity contribution is -0.127. The Morgan fingerprint density at radius 3 is 2.93 bits per heavy atom. The van der Waals surface area contributed by atoms with Crippen LogP contribution in [0.3, 0.4) is 0 Å². The van der Waals surface area contributed by atoms with Crippen molar-refractivity contribution < 1.29 is 9.53 Å². The monoisotopic (exact) mass is 409 g/mol. The van der Waals surface area contributed by atoms with E-state index >= 15 is 0 Å². The van der Waals surface area contributed by atoms with Gasteiger partial charge in [-0.05, 0) is 49.6 Å². The van der Waals surface area contributed by atoms with Crippen molar-refractivity contribution in [2.45, 2.75) is 39.3 Å². The smallest absolute Gasteiger partial charge is 0.222 e. The van der Waals surface area contributed by atoms with Crippen LogP contribution in [-0.4, -0.2) is 47.9 Å². The summed E-state index contributed by atoms with van der Waals surface area (Å²) in [5.41, 5.74) is 1.98.